The largest absolute Gasteiger partial charge is 0.345 e. The van der Waals surface area contributed by atoms with Crippen molar-refractivity contribution in [2.45, 2.75) is 0 Å². The molecule has 74 valence electrons. The van der Waals surface area contributed by atoms with Gasteiger partial charge in [-0.2, -0.15) is 0 Å². The molecule has 0 saturated heterocycles. The number of halogens is 2. The quantitative estimate of drug-likeness (QED) is 0.735. The molecule has 3 nitrogen and oxygen atoms in total. The lowest BCUT2D eigenvalue weighted by Crippen LogP contribution is -2.26. The molecule has 0 atom stereocenters. The highest BCUT2D eigenvalue weighted by molar-refractivity contribution is 5.95. The van der Waals surface area contributed by atoms with Gasteiger partial charge in [0, 0.05) is 6.07 Å². The van der Waals surface area contributed by atoms with Crippen LogP contribution in [0.15, 0.2) is 18.2 Å². The minimum absolute atomic E-state index is 0.199. The van der Waals surface area contributed by atoms with Crippen LogP contribution in [0.3, 0.4) is 0 Å². The lowest BCUT2D eigenvalue weighted by molar-refractivity contribution is -0.107. The summed E-state index contributed by atoms with van der Waals surface area (Å²) < 4.78 is 25.4. The SMILES string of the molecule is O=CCNC(=O)c1ccc(F)cc1F. The van der Waals surface area contributed by atoms with Crippen molar-refractivity contribution in [1.82, 2.24) is 5.32 Å². The third-order valence-corrected chi connectivity index (χ3v) is 1.52. The summed E-state index contributed by atoms with van der Waals surface area (Å²) in [7, 11) is 0. The van der Waals surface area contributed by atoms with E-state index in [1.54, 1.807) is 0 Å². The van der Waals surface area contributed by atoms with Gasteiger partial charge in [0.15, 0.2) is 0 Å². The summed E-state index contributed by atoms with van der Waals surface area (Å²) in [6.45, 7) is -0.199. The fourth-order valence-corrected chi connectivity index (χ4v) is 0.903. The maximum absolute atomic E-state index is 12.9. The van der Waals surface area contributed by atoms with Crippen LogP contribution in [0.1, 0.15) is 10.4 Å². The van der Waals surface area contributed by atoms with Crippen LogP contribution in [-0.2, 0) is 4.79 Å². The number of benzene rings is 1. The van der Waals surface area contributed by atoms with Crippen molar-refractivity contribution in [3.63, 3.8) is 0 Å². The molecule has 1 aromatic rings. The first-order valence-electron chi connectivity index (χ1n) is 3.82. The summed E-state index contributed by atoms with van der Waals surface area (Å²) in [5, 5.41) is 2.14. The average Bonchev–Trinajstić information content (AvgIpc) is 2.14. The molecular formula is C9H7F2NO2. The second-order valence-corrected chi connectivity index (χ2v) is 2.50. The standard InChI is InChI=1S/C9H7F2NO2/c10-6-1-2-7(8(11)5-6)9(14)12-3-4-13/h1-2,4-5H,3H2,(H,12,14). The summed E-state index contributed by atoms with van der Waals surface area (Å²) in [6, 6.07) is 2.60. The second-order valence-electron chi connectivity index (χ2n) is 2.50. The van der Waals surface area contributed by atoms with E-state index < -0.39 is 17.5 Å². The molecule has 5 heteroatoms. The fourth-order valence-electron chi connectivity index (χ4n) is 0.903. The zero-order valence-corrected chi connectivity index (χ0v) is 7.09. The van der Waals surface area contributed by atoms with Gasteiger partial charge in [-0.05, 0) is 12.1 Å². The highest BCUT2D eigenvalue weighted by Crippen LogP contribution is 2.08. The monoisotopic (exact) mass is 199 g/mol. The van der Waals surface area contributed by atoms with Gasteiger partial charge in [0.1, 0.15) is 17.9 Å². The molecule has 0 bridgehead atoms. The van der Waals surface area contributed by atoms with E-state index in [1.165, 1.54) is 0 Å². The summed E-state index contributed by atoms with van der Waals surface area (Å²) in [5.74, 6) is -2.45. The molecule has 1 N–H and O–H groups in total. The molecule has 1 amide bonds. The van der Waals surface area contributed by atoms with Crippen LogP contribution in [0.4, 0.5) is 8.78 Å². The number of rotatable bonds is 3. The Balaban J connectivity index is 2.84. The number of aldehydes is 1. The highest BCUT2D eigenvalue weighted by atomic mass is 19.1. The Morgan fingerprint density at radius 1 is 1.43 bits per heavy atom. The zero-order valence-electron chi connectivity index (χ0n) is 7.09. The van der Waals surface area contributed by atoms with E-state index in [0.717, 1.165) is 12.1 Å². The summed E-state index contributed by atoms with van der Waals surface area (Å²) in [5.41, 5.74) is -0.284. The lowest BCUT2D eigenvalue weighted by atomic mass is 10.2. The van der Waals surface area contributed by atoms with Crippen molar-refractivity contribution in [3.05, 3.63) is 35.4 Å². The third-order valence-electron chi connectivity index (χ3n) is 1.52. The molecule has 0 unspecified atom stereocenters. The van der Waals surface area contributed by atoms with Gasteiger partial charge < -0.3 is 10.1 Å². The van der Waals surface area contributed by atoms with Crippen LogP contribution >= 0.6 is 0 Å². The van der Waals surface area contributed by atoms with Crippen LogP contribution in [0.2, 0.25) is 0 Å². The van der Waals surface area contributed by atoms with Gasteiger partial charge in [0.05, 0.1) is 12.1 Å². The van der Waals surface area contributed by atoms with E-state index in [4.69, 9.17) is 0 Å². The number of hydrogen-bond donors (Lipinski definition) is 1. The van der Waals surface area contributed by atoms with Crippen LogP contribution in [0.25, 0.3) is 0 Å². The zero-order chi connectivity index (χ0) is 10.6. The Morgan fingerprint density at radius 2 is 2.14 bits per heavy atom. The number of amides is 1. The van der Waals surface area contributed by atoms with E-state index in [9.17, 15) is 18.4 Å². The molecule has 1 aromatic carbocycles. The molecule has 1 rings (SSSR count). The summed E-state index contributed by atoms with van der Waals surface area (Å²) in [4.78, 5) is 21.0. The topological polar surface area (TPSA) is 46.2 Å². The Morgan fingerprint density at radius 3 is 2.71 bits per heavy atom. The first-order valence-corrected chi connectivity index (χ1v) is 3.82. The molecule has 0 radical (unpaired) electrons. The van der Waals surface area contributed by atoms with E-state index in [-0.39, 0.29) is 12.1 Å². The maximum Gasteiger partial charge on any atom is 0.254 e. The predicted molar refractivity (Wildman–Crippen MR) is 44.8 cm³/mol. The first kappa shape index (κ1) is 10.3. The van der Waals surface area contributed by atoms with Crippen molar-refractivity contribution in [3.8, 4) is 0 Å². The Hall–Kier alpha value is -1.78. The van der Waals surface area contributed by atoms with Crippen LogP contribution in [0.5, 0.6) is 0 Å². The average molecular weight is 199 g/mol. The smallest absolute Gasteiger partial charge is 0.254 e. The van der Waals surface area contributed by atoms with Gasteiger partial charge in [-0.25, -0.2) is 8.78 Å². The molecule has 0 saturated carbocycles. The third kappa shape index (κ3) is 2.35. The van der Waals surface area contributed by atoms with Gasteiger partial charge in [-0.1, -0.05) is 0 Å². The molecule has 0 spiro atoms. The van der Waals surface area contributed by atoms with Crippen molar-refractivity contribution in [2.24, 2.45) is 0 Å². The molecule has 0 aliphatic heterocycles. The van der Waals surface area contributed by atoms with E-state index in [1.807, 2.05) is 0 Å². The molecule has 0 fully saturated rings. The maximum atomic E-state index is 12.9. The number of nitrogens with one attached hydrogen (secondary N) is 1. The van der Waals surface area contributed by atoms with Gasteiger partial charge in [0.2, 0.25) is 0 Å². The van der Waals surface area contributed by atoms with Crippen molar-refractivity contribution < 1.29 is 18.4 Å². The van der Waals surface area contributed by atoms with Crippen LogP contribution < -0.4 is 5.32 Å². The van der Waals surface area contributed by atoms with Crippen molar-refractivity contribution in [1.29, 1.82) is 0 Å². The fraction of sp³-hybridized carbons (Fsp3) is 0.111. The van der Waals surface area contributed by atoms with Crippen molar-refractivity contribution >= 4 is 12.2 Å². The summed E-state index contributed by atoms with van der Waals surface area (Å²) in [6.07, 6.45) is 0.472. The van der Waals surface area contributed by atoms with E-state index >= 15 is 0 Å². The highest BCUT2D eigenvalue weighted by Gasteiger charge is 2.11. The Kier molecular flexibility index (Phi) is 3.28. The van der Waals surface area contributed by atoms with Crippen molar-refractivity contribution in [2.75, 3.05) is 6.54 Å². The molecule has 0 heterocycles. The van der Waals surface area contributed by atoms with Gasteiger partial charge in [-0.15, -0.1) is 0 Å². The molecule has 0 aliphatic carbocycles. The molecule has 0 aliphatic rings. The number of carbonyl (C=O) groups excluding carboxylic acids is 2. The van der Waals surface area contributed by atoms with E-state index in [0.29, 0.717) is 12.4 Å². The summed E-state index contributed by atoms with van der Waals surface area (Å²) >= 11 is 0. The Labute approximate surface area is 78.7 Å². The number of hydrogen-bond acceptors (Lipinski definition) is 2. The Bertz CT molecular complexity index is 366. The number of carbonyl (C=O) groups is 2. The minimum atomic E-state index is -0.951. The van der Waals surface area contributed by atoms with Crippen LogP contribution in [0, 0.1) is 11.6 Å². The minimum Gasteiger partial charge on any atom is -0.345 e. The van der Waals surface area contributed by atoms with Gasteiger partial charge in [-0.3, -0.25) is 4.79 Å². The van der Waals surface area contributed by atoms with Gasteiger partial charge >= 0.3 is 0 Å². The predicted octanol–water partition coefficient (Wildman–Crippen LogP) is 0.894. The van der Waals surface area contributed by atoms with Gasteiger partial charge in [0.25, 0.3) is 5.91 Å². The lowest BCUT2D eigenvalue weighted by Gasteiger charge is -2.02. The second kappa shape index (κ2) is 4.45. The first-order chi connectivity index (χ1) is 6.65. The molecule has 14 heavy (non-hydrogen) atoms. The molecule has 0 aromatic heterocycles. The molecular weight excluding hydrogens is 192 g/mol. The van der Waals surface area contributed by atoms with Crippen LogP contribution in [-0.4, -0.2) is 18.7 Å². The van der Waals surface area contributed by atoms with E-state index in [2.05, 4.69) is 5.32 Å². The normalized spacial score (nSPS) is 9.57.